The molecule has 13 heavy (non-hydrogen) atoms. The lowest BCUT2D eigenvalue weighted by Crippen LogP contribution is -2.54. The summed E-state index contributed by atoms with van der Waals surface area (Å²) in [5, 5.41) is 1.26. The minimum Gasteiger partial charge on any atom is -0.380 e. The van der Waals surface area contributed by atoms with Crippen molar-refractivity contribution in [2.75, 3.05) is 26.7 Å². The van der Waals surface area contributed by atoms with Gasteiger partial charge in [0.05, 0.1) is 6.10 Å². The number of ether oxygens (including phenoxy) is 1. The Balaban J connectivity index is 2.44. The monoisotopic (exact) mass is 187 g/mol. The third kappa shape index (κ3) is 2.57. The summed E-state index contributed by atoms with van der Waals surface area (Å²) in [7, 11) is 1.64. The van der Waals surface area contributed by atoms with Gasteiger partial charge in [-0.2, -0.15) is 0 Å². The fraction of sp³-hybridized carbons (Fsp3) is 0.875. The van der Waals surface area contributed by atoms with Crippen LogP contribution in [-0.4, -0.2) is 48.8 Å². The Morgan fingerprint density at radius 1 is 1.62 bits per heavy atom. The maximum atomic E-state index is 11.4. The Kier molecular flexibility index (Phi) is 3.50. The molecule has 1 fully saturated rings. The summed E-state index contributed by atoms with van der Waals surface area (Å²) in [5.41, 5.74) is 0. The number of hydrogen-bond donors (Lipinski definition) is 1. The third-order valence-corrected chi connectivity index (χ3v) is 2.22. The SMILES string of the molecule is COC(C)CN1CCCN(N)C1=O. The molecule has 0 aromatic rings. The predicted molar refractivity (Wildman–Crippen MR) is 49.0 cm³/mol. The number of nitrogens with zero attached hydrogens (tertiary/aromatic N) is 2. The van der Waals surface area contributed by atoms with Gasteiger partial charge in [0.1, 0.15) is 0 Å². The molecule has 0 saturated carbocycles. The first-order valence-electron chi connectivity index (χ1n) is 4.49. The summed E-state index contributed by atoms with van der Waals surface area (Å²) in [6.07, 6.45) is 0.994. The maximum Gasteiger partial charge on any atom is 0.334 e. The van der Waals surface area contributed by atoms with E-state index in [0.717, 1.165) is 13.0 Å². The molecule has 0 bridgehead atoms. The number of hydrazine groups is 1. The van der Waals surface area contributed by atoms with Crippen molar-refractivity contribution in [3.05, 3.63) is 0 Å². The Labute approximate surface area is 78.4 Å². The molecule has 0 aliphatic carbocycles. The average Bonchev–Trinajstić information content (AvgIpc) is 2.13. The highest BCUT2D eigenvalue weighted by Gasteiger charge is 2.24. The largest absolute Gasteiger partial charge is 0.380 e. The predicted octanol–water partition coefficient (Wildman–Crippen LogP) is 0.0227. The van der Waals surface area contributed by atoms with Crippen molar-refractivity contribution in [2.45, 2.75) is 19.4 Å². The van der Waals surface area contributed by atoms with E-state index in [1.807, 2.05) is 6.92 Å². The van der Waals surface area contributed by atoms with Gasteiger partial charge in [-0.05, 0) is 13.3 Å². The Hall–Kier alpha value is -0.810. The first-order chi connectivity index (χ1) is 6.15. The van der Waals surface area contributed by atoms with Gasteiger partial charge in [0, 0.05) is 26.7 Å². The van der Waals surface area contributed by atoms with Crippen LogP contribution in [-0.2, 0) is 4.74 Å². The van der Waals surface area contributed by atoms with Crippen molar-refractivity contribution in [3.8, 4) is 0 Å². The zero-order valence-electron chi connectivity index (χ0n) is 8.19. The molecular formula is C8H17N3O2. The lowest BCUT2D eigenvalue weighted by Gasteiger charge is -2.33. The quantitative estimate of drug-likeness (QED) is 0.500. The third-order valence-electron chi connectivity index (χ3n) is 2.22. The number of carbonyl (C=O) groups excluding carboxylic acids is 1. The van der Waals surface area contributed by atoms with Gasteiger partial charge in [0.15, 0.2) is 0 Å². The molecule has 1 aliphatic heterocycles. The number of amides is 2. The lowest BCUT2D eigenvalue weighted by molar-refractivity contribution is 0.0658. The standard InChI is InChI=1S/C8H17N3O2/c1-7(13-2)6-10-4-3-5-11(9)8(10)12/h7H,3-6,9H2,1-2H3. The topological polar surface area (TPSA) is 58.8 Å². The van der Waals surface area contributed by atoms with Crippen molar-refractivity contribution >= 4 is 6.03 Å². The van der Waals surface area contributed by atoms with Gasteiger partial charge in [0.2, 0.25) is 0 Å². The van der Waals surface area contributed by atoms with Crippen LogP contribution in [0.15, 0.2) is 0 Å². The number of carbonyl (C=O) groups is 1. The van der Waals surface area contributed by atoms with E-state index in [9.17, 15) is 4.79 Å². The first kappa shape index (κ1) is 10.3. The zero-order valence-corrected chi connectivity index (χ0v) is 8.19. The van der Waals surface area contributed by atoms with Gasteiger partial charge in [0.25, 0.3) is 0 Å². The molecule has 1 saturated heterocycles. The normalized spacial score (nSPS) is 20.7. The number of hydrogen-bond acceptors (Lipinski definition) is 3. The van der Waals surface area contributed by atoms with Crippen LogP contribution < -0.4 is 5.84 Å². The molecule has 5 nitrogen and oxygen atoms in total. The molecule has 1 rings (SSSR count). The summed E-state index contributed by atoms with van der Waals surface area (Å²) in [5.74, 6) is 5.49. The molecule has 5 heteroatoms. The Morgan fingerprint density at radius 3 is 2.92 bits per heavy atom. The Bertz CT molecular complexity index is 186. The summed E-state index contributed by atoms with van der Waals surface area (Å²) >= 11 is 0. The molecule has 2 N–H and O–H groups in total. The fourth-order valence-electron chi connectivity index (χ4n) is 1.36. The number of rotatable bonds is 3. The van der Waals surface area contributed by atoms with E-state index in [2.05, 4.69) is 0 Å². The minimum absolute atomic E-state index is 0.0652. The summed E-state index contributed by atoms with van der Waals surface area (Å²) < 4.78 is 5.08. The van der Waals surface area contributed by atoms with Crippen molar-refractivity contribution in [3.63, 3.8) is 0 Å². The van der Waals surface area contributed by atoms with Gasteiger partial charge < -0.3 is 9.64 Å². The van der Waals surface area contributed by atoms with Crippen molar-refractivity contribution in [2.24, 2.45) is 5.84 Å². The van der Waals surface area contributed by atoms with Crippen molar-refractivity contribution < 1.29 is 9.53 Å². The molecular weight excluding hydrogens is 170 g/mol. The van der Waals surface area contributed by atoms with E-state index >= 15 is 0 Å². The van der Waals surface area contributed by atoms with Gasteiger partial charge >= 0.3 is 6.03 Å². The summed E-state index contributed by atoms with van der Waals surface area (Å²) in [6, 6.07) is -0.102. The maximum absolute atomic E-state index is 11.4. The van der Waals surface area contributed by atoms with Crippen LogP contribution in [0, 0.1) is 0 Å². The van der Waals surface area contributed by atoms with Crippen LogP contribution in [0.4, 0.5) is 4.79 Å². The molecule has 1 atom stereocenters. The molecule has 1 aliphatic rings. The number of urea groups is 1. The van der Waals surface area contributed by atoms with Crippen molar-refractivity contribution in [1.82, 2.24) is 9.91 Å². The molecule has 1 unspecified atom stereocenters. The Morgan fingerprint density at radius 2 is 2.31 bits per heavy atom. The lowest BCUT2D eigenvalue weighted by atomic mass is 10.3. The van der Waals surface area contributed by atoms with Crippen LogP contribution in [0.25, 0.3) is 0 Å². The zero-order chi connectivity index (χ0) is 9.84. The molecule has 0 radical (unpaired) electrons. The van der Waals surface area contributed by atoms with Crippen LogP contribution in [0.2, 0.25) is 0 Å². The van der Waals surface area contributed by atoms with Crippen LogP contribution in [0.5, 0.6) is 0 Å². The molecule has 76 valence electrons. The second kappa shape index (κ2) is 4.43. The second-order valence-electron chi connectivity index (χ2n) is 3.32. The van der Waals surface area contributed by atoms with E-state index in [1.54, 1.807) is 12.0 Å². The highest BCUT2D eigenvalue weighted by atomic mass is 16.5. The molecule has 2 amide bonds. The fourth-order valence-corrected chi connectivity index (χ4v) is 1.36. The number of nitrogens with two attached hydrogens (primary N) is 1. The summed E-state index contributed by atoms with van der Waals surface area (Å²) in [6.45, 7) is 3.97. The van der Waals surface area contributed by atoms with Crippen LogP contribution >= 0.6 is 0 Å². The highest BCUT2D eigenvalue weighted by Crippen LogP contribution is 2.06. The molecule has 1 heterocycles. The van der Waals surface area contributed by atoms with Gasteiger partial charge in [-0.1, -0.05) is 0 Å². The first-order valence-corrected chi connectivity index (χ1v) is 4.49. The molecule has 0 spiro atoms. The van der Waals surface area contributed by atoms with E-state index < -0.39 is 0 Å². The van der Waals surface area contributed by atoms with E-state index in [1.165, 1.54) is 5.01 Å². The van der Waals surface area contributed by atoms with Crippen LogP contribution in [0.1, 0.15) is 13.3 Å². The average molecular weight is 187 g/mol. The summed E-state index contributed by atoms with van der Waals surface area (Å²) in [4.78, 5) is 13.2. The van der Waals surface area contributed by atoms with E-state index in [-0.39, 0.29) is 12.1 Å². The molecule has 0 aromatic heterocycles. The van der Waals surface area contributed by atoms with Gasteiger partial charge in [-0.3, -0.25) is 5.01 Å². The van der Waals surface area contributed by atoms with Crippen LogP contribution in [0.3, 0.4) is 0 Å². The minimum atomic E-state index is -0.102. The second-order valence-corrected chi connectivity index (χ2v) is 3.32. The smallest absolute Gasteiger partial charge is 0.334 e. The van der Waals surface area contributed by atoms with Gasteiger partial charge in [-0.25, -0.2) is 10.6 Å². The van der Waals surface area contributed by atoms with Gasteiger partial charge in [-0.15, -0.1) is 0 Å². The van der Waals surface area contributed by atoms with Crippen molar-refractivity contribution in [1.29, 1.82) is 0 Å². The van der Waals surface area contributed by atoms with E-state index in [4.69, 9.17) is 10.6 Å². The molecule has 0 aromatic carbocycles. The number of methoxy groups -OCH3 is 1. The van der Waals surface area contributed by atoms with E-state index in [0.29, 0.717) is 13.1 Å². The highest BCUT2D eigenvalue weighted by molar-refractivity contribution is 5.74.